The average molecular weight is 375 g/mol. The summed E-state index contributed by atoms with van der Waals surface area (Å²) >= 11 is 5.76. The van der Waals surface area contributed by atoms with Crippen LogP contribution in [0, 0.1) is 10.1 Å². The second kappa shape index (κ2) is 6.93. The first-order valence-corrected chi connectivity index (χ1v) is 7.80. The minimum absolute atomic E-state index is 0.0562. The number of halogens is 1. The number of nitro benzene ring substituents is 1. The van der Waals surface area contributed by atoms with Gasteiger partial charge in [-0.3, -0.25) is 29.4 Å². The third kappa shape index (κ3) is 3.27. The fourth-order valence-electron chi connectivity index (χ4n) is 2.53. The van der Waals surface area contributed by atoms with Crippen molar-refractivity contribution in [1.82, 2.24) is 4.90 Å². The van der Waals surface area contributed by atoms with Gasteiger partial charge in [0.25, 0.3) is 17.5 Å². The van der Waals surface area contributed by atoms with Crippen molar-refractivity contribution in [3.8, 4) is 0 Å². The summed E-state index contributed by atoms with van der Waals surface area (Å²) in [6, 6.07) is 10.3. The maximum Gasteiger partial charge on any atom is 0.326 e. The van der Waals surface area contributed by atoms with Gasteiger partial charge < -0.3 is 4.74 Å². The number of rotatable bonds is 5. The fraction of sp³-hybridized carbons (Fsp3) is 0.118. The van der Waals surface area contributed by atoms with Gasteiger partial charge in [-0.05, 0) is 23.8 Å². The predicted octanol–water partition coefficient (Wildman–Crippen LogP) is 2.59. The van der Waals surface area contributed by atoms with Gasteiger partial charge in [0, 0.05) is 11.1 Å². The number of nitrogens with zero attached hydrogens (tertiary/aromatic N) is 2. The monoisotopic (exact) mass is 374 g/mol. The van der Waals surface area contributed by atoms with Gasteiger partial charge in [0.2, 0.25) is 0 Å². The van der Waals surface area contributed by atoms with Crippen molar-refractivity contribution < 1.29 is 24.0 Å². The van der Waals surface area contributed by atoms with Gasteiger partial charge in [-0.15, -0.1) is 0 Å². The average Bonchev–Trinajstić information content (AvgIpc) is 2.86. The molecule has 1 aliphatic heterocycles. The lowest BCUT2D eigenvalue weighted by Crippen LogP contribution is -2.35. The maximum atomic E-state index is 12.4. The van der Waals surface area contributed by atoms with E-state index in [9.17, 15) is 24.5 Å². The third-order valence-corrected chi connectivity index (χ3v) is 4.03. The molecule has 3 rings (SSSR count). The Balaban J connectivity index is 1.70. The van der Waals surface area contributed by atoms with Crippen LogP contribution in [-0.4, -0.2) is 34.2 Å². The summed E-state index contributed by atoms with van der Waals surface area (Å²) in [6.07, 6.45) is 0. The van der Waals surface area contributed by atoms with Gasteiger partial charge in [-0.2, -0.15) is 0 Å². The molecule has 9 heteroatoms. The number of fused-ring (bicyclic) bond motifs is 1. The van der Waals surface area contributed by atoms with Crippen molar-refractivity contribution >= 4 is 35.1 Å². The van der Waals surface area contributed by atoms with Crippen LogP contribution in [0.15, 0.2) is 42.5 Å². The Hall–Kier alpha value is -3.26. The normalized spacial score (nSPS) is 12.9. The largest absolute Gasteiger partial charge is 0.459 e. The highest BCUT2D eigenvalue weighted by Crippen LogP contribution is 2.30. The molecule has 0 N–H and O–H groups in total. The predicted molar refractivity (Wildman–Crippen MR) is 89.7 cm³/mol. The van der Waals surface area contributed by atoms with E-state index in [1.54, 1.807) is 24.3 Å². The summed E-state index contributed by atoms with van der Waals surface area (Å²) in [5.74, 6) is -2.46. The Bertz CT molecular complexity index is 925. The molecule has 0 spiro atoms. The van der Waals surface area contributed by atoms with Crippen LogP contribution in [0.2, 0.25) is 5.02 Å². The number of nitro groups is 1. The maximum absolute atomic E-state index is 12.4. The van der Waals surface area contributed by atoms with Gasteiger partial charge in [-0.25, -0.2) is 0 Å². The number of ether oxygens (including phenoxy) is 1. The molecule has 0 unspecified atom stereocenters. The Morgan fingerprint density at radius 2 is 1.81 bits per heavy atom. The number of hydrogen-bond acceptors (Lipinski definition) is 6. The minimum Gasteiger partial charge on any atom is -0.459 e. The summed E-state index contributed by atoms with van der Waals surface area (Å²) < 4.78 is 5.04. The molecule has 0 radical (unpaired) electrons. The molecule has 0 saturated heterocycles. The van der Waals surface area contributed by atoms with Crippen LogP contribution in [0.3, 0.4) is 0 Å². The summed E-state index contributed by atoms with van der Waals surface area (Å²) in [7, 11) is 0. The first-order valence-electron chi connectivity index (χ1n) is 7.42. The quantitative estimate of drug-likeness (QED) is 0.344. The summed E-state index contributed by atoms with van der Waals surface area (Å²) in [5, 5.41) is 11.6. The lowest BCUT2D eigenvalue weighted by Gasteiger charge is -2.13. The molecule has 1 aliphatic rings. The minimum atomic E-state index is -0.888. The van der Waals surface area contributed by atoms with Crippen molar-refractivity contribution in [1.29, 1.82) is 0 Å². The van der Waals surface area contributed by atoms with Crippen LogP contribution < -0.4 is 0 Å². The van der Waals surface area contributed by atoms with Crippen molar-refractivity contribution in [3.63, 3.8) is 0 Å². The van der Waals surface area contributed by atoms with E-state index in [2.05, 4.69) is 0 Å². The fourth-order valence-corrected chi connectivity index (χ4v) is 2.66. The zero-order valence-corrected chi connectivity index (χ0v) is 13.9. The number of carbonyl (C=O) groups is 3. The van der Waals surface area contributed by atoms with Gasteiger partial charge in [-0.1, -0.05) is 29.8 Å². The second-order valence-electron chi connectivity index (χ2n) is 5.44. The molecular formula is C17H11ClN2O6. The molecule has 0 saturated carbocycles. The van der Waals surface area contributed by atoms with Gasteiger partial charge in [0.05, 0.1) is 10.5 Å². The van der Waals surface area contributed by atoms with Gasteiger partial charge >= 0.3 is 5.97 Å². The Morgan fingerprint density at radius 3 is 2.46 bits per heavy atom. The van der Waals surface area contributed by atoms with Crippen LogP contribution in [0.25, 0.3) is 0 Å². The molecular weight excluding hydrogens is 364 g/mol. The lowest BCUT2D eigenvalue weighted by atomic mass is 10.1. The SMILES string of the molecule is O=C(CN1C(=O)c2cccc([N+](=O)[O-])c2C1=O)OCc1ccc(Cl)cc1. The molecule has 2 amide bonds. The molecule has 0 aliphatic carbocycles. The Morgan fingerprint density at radius 1 is 1.12 bits per heavy atom. The number of amides is 2. The number of esters is 1. The molecule has 132 valence electrons. The molecule has 26 heavy (non-hydrogen) atoms. The van der Waals surface area contributed by atoms with Crippen molar-refractivity contribution in [2.45, 2.75) is 6.61 Å². The Kier molecular flexibility index (Phi) is 4.68. The number of hydrogen-bond donors (Lipinski definition) is 0. The van der Waals surface area contributed by atoms with E-state index >= 15 is 0 Å². The van der Waals surface area contributed by atoms with Crippen LogP contribution in [0.4, 0.5) is 5.69 Å². The topological polar surface area (TPSA) is 107 Å². The van der Waals surface area contributed by atoms with E-state index in [0.717, 1.165) is 6.07 Å². The summed E-state index contributed by atoms with van der Waals surface area (Å²) in [6.45, 7) is -0.684. The van der Waals surface area contributed by atoms with Crippen molar-refractivity contribution in [2.24, 2.45) is 0 Å². The van der Waals surface area contributed by atoms with Crippen LogP contribution in [0.1, 0.15) is 26.3 Å². The van der Waals surface area contributed by atoms with Crippen LogP contribution >= 0.6 is 11.6 Å². The van der Waals surface area contributed by atoms with E-state index < -0.39 is 34.9 Å². The molecule has 2 aromatic rings. The first-order chi connectivity index (χ1) is 12.4. The molecule has 0 fully saturated rings. The lowest BCUT2D eigenvalue weighted by molar-refractivity contribution is -0.385. The van der Waals surface area contributed by atoms with E-state index in [-0.39, 0.29) is 17.7 Å². The first kappa shape index (κ1) is 17.6. The zero-order chi connectivity index (χ0) is 18.8. The van der Waals surface area contributed by atoms with Crippen LogP contribution in [0.5, 0.6) is 0 Å². The standard InChI is InChI=1S/C17H11ClN2O6/c18-11-6-4-10(5-7-11)9-26-14(21)8-19-16(22)12-2-1-3-13(20(24)25)15(12)17(19)23/h1-7H,8-9H2. The van der Waals surface area contributed by atoms with Gasteiger partial charge in [0.1, 0.15) is 18.7 Å². The molecule has 0 atom stereocenters. The molecule has 1 heterocycles. The summed E-state index contributed by atoms with van der Waals surface area (Å²) in [4.78, 5) is 47.6. The molecule has 0 bridgehead atoms. The highest BCUT2D eigenvalue weighted by atomic mass is 35.5. The molecule has 0 aromatic heterocycles. The smallest absolute Gasteiger partial charge is 0.326 e. The summed E-state index contributed by atoms with van der Waals surface area (Å²) in [5.41, 5.74) is -0.207. The molecule has 8 nitrogen and oxygen atoms in total. The number of benzene rings is 2. The second-order valence-corrected chi connectivity index (χ2v) is 5.88. The number of imide groups is 1. The number of carbonyl (C=O) groups excluding carboxylic acids is 3. The highest BCUT2D eigenvalue weighted by molar-refractivity contribution is 6.30. The third-order valence-electron chi connectivity index (χ3n) is 3.77. The van der Waals surface area contributed by atoms with Crippen molar-refractivity contribution in [2.75, 3.05) is 6.54 Å². The van der Waals surface area contributed by atoms with E-state index in [1.807, 2.05) is 0 Å². The zero-order valence-electron chi connectivity index (χ0n) is 13.2. The van der Waals surface area contributed by atoms with Crippen molar-refractivity contribution in [3.05, 3.63) is 74.3 Å². The van der Waals surface area contributed by atoms with Crippen LogP contribution in [-0.2, 0) is 16.1 Å². The van der Waals surface area contributed by atoms with E-state index in [0.29, 0.717) is 15.5 Å². The van der Waals surface area contributed by atoms with E-state index in [4.69, 9.17) is 16.3 Å². The van der Waals surface area contributed by atoms with E-state index in [1.165, 1.54) is 12.1 Å². The Labute approximate surface area is 152 Å². The highest BCUT2D eigenvalue weighted by Gasteiger charge is 2.41. The molecule has 2 aromatic carbocycles. The van der Waals surface area contributed by atoms with Gasteiger partial charge in [0.15, 0.2) is 0 Å².